The van der Waals surface area contributed by atoms with Gasteiger partial charge in [0.05, 0.1) is 12.7 Å². The van der Waals surface area contributed by atoms with Crippen molar-refractivity contribution in [3.8, 4) is 6.07 Å². The van der Waals surface area contributed by atoms with E-state index in [1.54, 1.807) is 6.92 Å². The fourth-order valence-electron chi connectivity index (χ4n) is 2.11. The van der Waals surface area contributed by atoms with Crippen LogP contribution in [0.3, 0.4) is 0 Å². The third kappa shape index (κ3) is 4.11. The van der Waals surface area contributed by atoms with E-state index in [0.29, 0.717) is 16.1 Å². The SMILES string of the molecule is COC(=O)c1c(NC(=O)/C(C#N)=C/c2ccc(F)cc2)sc(C)c1C. The number of methoxy groups -OCH3 is 1. The molecule has 5 nitrogen and oxygen atoms in total. The first kappa shape index (κ1) is 18.4. The highest BCUT2D eigenvalue weighted by Crippen LogP contribution is 2.33. The van der Waals surface area contributed by atoms with Gasteiger partial charge in [0.2, 0.25) is 0 Å². The van der Waals surface area contributed by atoms with E-state index in [-0.39, 0.29) is 11.1 Å². The molecule has 0 aliphatic heterocycles. The highest BCUT2D eigenvalue weighted by Gasteiger charge is 2.22. The second kappa shape index (κ2) is 7.73. The molecule has 0 radical (unpaired) electrons. The summed E-state index contributed by atoms with van der Waals surface area (Å²) >= 11 is 1.23. The van der Waals surface area contributed by atoms with Crippen LogP contribution < -0.4 is 5.32 Å². The van der Waals surface area contributed by atoms with E-state index < -0.39 is 17.7 Å². The fourth-order valence-corrected chi connectivity index (χ4v) is 3.15. The number of amides is 1. The summed E-state index contributed by atoms with van der Waals surface area (Å²) in [7, 11) is 1.26. The molecule has 0 bridgehead atoms. The molecule has 1 heterocycles. The lowest BCUT2D eigenvalue weighted by atomic mass is 10.1. The van der Waals surface area contributed by atoms with Crippen molar-refractivity contribution in [2.75, 3.05) is 12.4 Å². The first-order chi connectivity index (χ1) is 11.9. The molecule has 2 aromatic rings. The number of ether oxygens (including phenoxy) is 1. The third-order valence-corrected chi connectivity index (χ3v) is 4.67. The van der Waals surface area contributed by atoms with Crippen LogP contribution in [0.1, 0.15) is 26.4 Å². The Morgan fingerprint density at radius 1 is 1.28 bits per heavy atom. The molecule has 25 heavy (non-hydrogen) atoms. The lowest BCUT2D eigenvalue weighted by Crippen LogP contribution is -2.15. The number of aryl methyl sites for hydroxylation is 1. The van der Waals surface area contributed by atoms with Gasteiger partial charge in [-0.3, -0.25) is 4.79 Å². The van der Waals surface area contributed by atoms with Crippen molar-refractivity contribution >= 4 is 34.3 Å². The van der Waals surface area contributed by atoms with Crippen LogP contribution in [0, 0.1) is 31.0 Å². The lowest BCUT2D eigenvalue weighted by Gasteiger charge is -2.05. The summed E-state index contributed by atoms with van der Waals surface area (Å²) in [5.41, 5.74) is 1.34. The number of halogens is 1. The molecule has 0 spiro atoms. The molecule has 1 N–H and O–H groups in total. The number of hydrogen-bond acceptors (Lipinski definition) is 5. The predicted molar refractivity (Wildman–Crippen MR) is 93.8 cm³/mol. The maximum atomic E-state index is 12.9. The molecule has 0 aliphatic rings. The zero-order valence-corrected chi connectivity index (χ0v) is 14.7. The smallest absolute Gasteiger partial charge is 0.341 e. The van der Waals surface area contributed by atoms with Crippen molar-refractivity contribution in [1.29, 1.82) is 5.26 Å². The van der Waals surface area contributed by atoms with Gasteiger partial charge in [0.25, 0.3) is 5.91 Å². The maximum absolute atomic E-state index is 12.9. The molecule has 0 fully saturated rings. The summed E-state index contributed by atoms with van der Waals surface area (Å²) < 4.78 is 17.7. The monoisotopic (exact) mass is 358 g/mol. The van der Waals surface area contributed by atoms with E-state index >= 15 is 0 Å². The minimum absolute atomic E-state index is 0.161. The summed E-state index contributed by atoms with van der Waals surface area (Å²) in [6.07, 6.45) is 1.35. The highest BCUT2D eigenvalue weighted by molar-refractivity contribution is 7.16. The number of carbonyl (C=O) groups is 2. The van der Waals surface area contributed by atoms with Crippen LogP contribution in [-0.4, -0.2) is 19.0 Å². The lowest BCUT2D eigenvalue weighted by molar-refractivity contribution is -0.112. The van der Waals surface area contributed by atoms with E-state index in [1.807, 2.05) is 13.0 Å². The van der Waals surface area contributed by atoms with Crippen LogP contribution in [0.2, 0.25) is 0 Å². The molecule has 7 heteroatoms. The maximum Gasteiger partial charge on any atom is 0.341 e. The second-order valence-electron chi connectivity index (χ2n) is 5.15. The Morgan fingerprint density at radius 2 is 1.92 bits per heavy atom. The van der Waals surface area contributed by atoms with Crippen molar-refractivity contribution in [3.05, 3.63) is 57.2 Å². The van der Waals surface area contributed by atoms with Gasteiger partial charge < -0.3 is 10.1 Å². The van der Waals surface area contributed by atoms with Crippen LogP contribution in [0.15, 0.2) is 29.8 Å². The van der Waals surface area contributed by atoms with Gasteiger partial charge in [0, 0.05) is 4.88 Å². The van der Waals surface area contributed by atoms with Crippen LogP contribution in [0.25, 0.3) is 6.08 Å². The minimum Gasteiger partial charge on any atom is -0.465 e. The van der Waals surface area contributed by atoms with Crippen molar-refractivity contribution < 1.29 is 18.7 Å². The van der Waals surface area contributed by atoms with Crippen molar-refractivity contribution in [3.63, 3.8) is 0 Å². The van der Waals surface area contributed by atoms with Gasteiger partial charge in [-0.15, -0.1) is 11.3 Å². The van der Waals surface area contributed by atoms with Crippen molar-refractivity contribution in [2.45, 2.75) is 13.8 Å². The molecule has 128 valence electrons. The number of nitrogens with zero attached hydrogens (tertiary/aromatic N) is 1. The second-order valence-corrected chi connectivity index (χ2v) is 6.38. The van der Waals surface area contributed by atoms with Crippen LogP contribution >= 0.6 is 11.3 Å². The average molecular weight is 358 g/mol. The van der Waals surface area contributed by atoms with Gasteiger partial charge in [0.15, 0.2) is 0 Å². The van der Waals surface area contributed by atoms with Gasteiger partial charge in [-0.25, -0.2) is 9.18 Å². The quantitative estimate of drug-likeness (QED) is 0.512. The number of benzene rings is 1. The Balaban J connectivity index is 2.32. The molecular weight excluding hydrogens is 343 g/mol. The summed E-state index contributed by atoms with van der Waals surface area (Å²) in [6.45, 7) is 3.58. The largest absolute Gasteiger partial charge is 0.465 e. The predicted octanol–water partition coefficient (Wildman–Crippen LogP) is 3.84. The number of rotatable bonds is 4. The van der Waals surface area contributed by atoms with E-state index in [2.05, 4.69) is 5.32 Å². The van der Waals surface area contributed by atoms with Crippen LogP contribution in [0.4, 0.5) is 9.39 Å². The highest BCUT2D eigenvalue weighted by atomic mass is 32.1. The number of hydrogen-bond donors (Lipinski definition) is 1. The topological polar surface area (TPSA) is 79.2 Å². The van der Waals surface area contributed by atoms with Crippen molar-refractivity contribution in [1.82, 2.24) is 0 Å². The van der Waals surface area contributed by atoms with E-state index in [4.69, 9.17) is 4.74 Å². The Labute approximate surface area is 148 Å². The van der Waals surface area contributed by atoms with Crippen molar-refractivity contribution in [2.24, 2.45) is 0 Å². The van der Waals surface area contributed by atoms with Gasteiger partial charge in [-0.2, -0.15) is 5.26 Å². The molecule has 2 rings (SSSR count). The van der Waals surface area contributed by atoms with Crippen LogP contribution in [0.5, 0.6) is 0 Å². The number of nitriles is 1. The standard InChI is InChI=1S/C18H15FN2O3S/c1-10-11(2)25-17(15(10)18(23)24-3)21-16(22)13(9-20)8-12-4-6-14(19)7-5-12/h4-8H,1-3H3,(H,21,22)/b13-8+. The number of anilines is 1. The molecular formula is C18H15FN2O3S. The first-order valence-electron chi connectivity index (χ1n) is 7.24. The zero-order chi connectivity index (χ0) is 18.6. The molecule has 1 amide bonds. The Bertz CT molecular complexity index is 892. The number of carbonyl (C=O) groups excluding carboxylic acids is 2. The molecule has 0 saturated heterocycles. The number of nitrogens with one attached hydrogen (secondary N) is 1. The van der Waals surface area contributed by atoms with E-state index in [1.165, 1.54) is 48.8 Å². The van der Waals surface area contributed by atoms with Gasteiger partial charge in [-0.1, -0.05) is 12.1 Å². The van der Waals surface area contributed by atoms with Gasteiger partial charge in [0.1, 0.15) is 22.5 Å². The normalized spacial score (nSPS) is 10.9. The van der Waals surface area contributed by atoms with Gasteiger partial charge >= 0.3 is 5.97 Å². The van der Waals surface area contributed by atoms with Gasteiger partial charge in [-0.05, 0) is 43.2 Å². The molecule has 0 saturated carbocycles. The molecule has 0 aliphatic carbocycles. The van der Waals surface area contributed by atoms with Crippen LogP contribution in [-0.2, 0) is 9.53 Å². The third-order valence-electron chi connectivity index (χ3n) is 3.55. The number of thiophene rings is 1. The molecule has 1 aromatic heterocycles. The summed E-state index contributed by atoms with van der Waals surface area (Å²) in [4.78, 5) is 25.2. The zero-order valence-electron chi connectivity index (χ0n) is 13.8. The molecule has 0 unspecified atom stereocenters. The fraction of sp³-hybridized carbons (Fsp3) is 0.167. The molecule has 1 aromatic carbocycles. The number of esters is 1. The summed E-state index contributed by atoms with van der Waals surface area (Å²) in [5.74, 6) is -1.62. The Hall–Kier alpha value is -2.98. The Kier molecular flexibility index (Phi) is 5.67. The molecule has 0 atom stereocenters. The van der Waals surface area contributed by atoms with E-state index in [0.717, 1.165) is 4.88 Å². The summed E-state index contributed by atoms with van der Waals surface area (Å²) in [5, 5.41) is 12.1. The first-order valence-corrected chi connectivity index (χ1v) is 8.06. The minimum atomic E-state index is -0.654. The van der Waals surface area contributed by atoms with E-state index in [9.17, 15) is 19.2 Å². The summed E-state index contributed by atoms with van der Waals surface area (Å²) in [6, 6.07) is 7.20. The Morgan fingerprint density at radius 3 is 2.48 bits per heavy atom. The average Bonchev–Trinajstić information content (AvgIpc) is 2.87.